The van der Waals surface area contributed by atoms with E-state index in [9.17, 15) is 0 Å². The molecule has 0 radical (unpaired) electrons. The molecule has 3 aromatic rings. The average molecular weight is 212 g/mol. The molecule has 3 rings (SSSR count). The fraction of sp³-hybridized carbons (Fsp3) is 0.167. The molecule has 0 saturated heterocycles. The predicted octanol–water partition coefficient (Wildman–Crippen LogP) is 1.65. The van der Waals surface area contributed by atoms with Gasteiger partial charge in [0, 0.05) is 5.39 Å². The molecule has 80 valence electrons. The van der Waals surface area contributed by atoms with Gasteiger partial charge in [-0.15, -0.1) is 10.2 Å². The van der Waals surface area contributed by atoms with Gasteiger partial charge in [0.05, 0.1) is 12.1 Å². The monoisotopic (exact) mass is 212 g/mol. The number of hydrogen-bond acceptors (Lipinski definition) is 3. The third-order valence-electron chi connectivity index (χ3n) is 2.85. The molecule has 0 spiro atoms. The first-order valence-corrected chi connectivity index (χ1v) is 5.23. The molecule has 0 aliphatic carbocycles. The van der Waals surface area contributed by atoms with Gasteiger partial charge in [-0.05, 0) is 24.6 Å². The maximum absolute atomic E-state index is 5.67. The first kappa shape index (κ1) is 9.30. The van der Waals surface area contributed by atoms with Gasteiger partial charge in [0.1, 0.15) is 0 Å². The summed E-state index contributed by atoms with van der Waals surface area (Å²) in [6, 6.07) is 10.3. The van der Waals surface area contributed by atoms with Gasteiger partial charge in [0.15, 0.2) is 11.5 Å². The van der Waals surface area contributed by atoms with E-state index in [1.807, 2.05) is 22.6 Å². The molecule has 0 amide bonds. The Balaban J connectivity index is 2.59. The van der Waals surface area contributed by atoms with E-state index < -0.39 is 0 Å². The largest absolute Gasteiger partial charge is 0.324 e. The standard InChI is InChI=1S/C12H12N4/c1-8-6-11-14-15-12(7-13)16(11)10-5-3-2-4-9(8)10/h2-6H,7,13H2,1H3. The fourth-order valence-electron chi connectivity index (χ4n) is 2.09. The van der Waals surface area contributed by atoms with E-state index in [2.05, 4.69) is 29.3 Å². The highest BCUT2D eigenvalue weighted by Gasteiger charge is 2.08. The van der Waals surface area contributed by atoms with Crippen molar-refractivity contribution >= 4 is 16.6 Å². The van der Waals surface area contributed by atoms with Crippen LogP contribution in [0, 0.1) is 6.92 Å². The Morgan fingerprint density at radius 1 is 1.25 bits per heavy atom. The van der Waals surface area contributed by atoms with Crippen molar-refractivity contribution in [2.24, 2.45) is 5.73 Å². The van der Waals surface area contributed by atoms with Crippen LogP contribution in [0.2, 0.25) is 0 Å². The molecule has 4 heteroatoms. The van der Waals surface area contributed by atoms with Gasteiger partial charge in [-0.1, -0.05) is 18.2 Å². The quantitative estimate of drug-likeness (QED) is 0.667. The number of pyridine rings is 1. The molecular weight excluding hydrogens is 200 g/mol. The normalized spacial score (nSPS) is 11.4. The van der Waals surface area contributed by atoms with E-state index in [0.717, 1.165) is 17.0 Å². The molecule has 4 nitrogen and oxygen atoms in total. The van der Waals surface area contributed by atoms with Crippen LogP contribution in [0.25, 0.3) is 16.6 Å². The fourth-order valence-corrected chi connectivity index (χ4v) is 2.09. The van der Waals surface area contributed by atoms with Crippen molar-refractivity contribution in [3.05, 3.63) is 41.7 Å². The van der Waals surface area contributed by atoms with Crippen LogP contribution in [-0.4, -0.2) is 14.6 Å². The first-order chi connectivity index (χ1) is 7.81. The number of benzene rings is 1. The highest BCUT2D eigenvalue weighted by atomic mass is 15.3. The van der Waals surface area contributed by atoms with Crippen molar-refractivity contribution < 1.29 is 0 Å². The van der Waals surface area contributed by atoms with E-state index >= 15 is 0 Å². The Morgan fingerprint density at radius 3 is 2.88 bits per heavy atom. The van der Waals surface area contributed by atoms with Crippen molar-refractivity contribution in [2.45, 2.75) is 13.5 Å². The molecule has 2 aromatic heterocycles. The second kappa shape index (κ2) is 3.28. The second-order valence-corrected chi connectivity index (χ2v) is 3.86. The SMILES string of the molecule is Cc1cc2nnc(CN)n2c2ccccc12. The summed E-state index contributed by atoms with van der Waals surface area (Å²) in [6.07, 6.45) is 0. The van der Waals surface area contributed by atoms with Crippen LogP contribution in [0.3, 0.4) is 0 Å². The number of aryl methyl sites for hydroxylation is 1. The summed E-state index contributed by atoms with van der Waals surface area (Å²) in [5.41, 5.74) is 8.85. The first-order valence-electron chi connectivity index (χ1n) is 5.23. The van der Waals surface area contributed by atoms with Crippen LogP contribution >= 0.6 is 0 Å². The molecule has 1 aromatic carbocycles. The lowest BCUT2D eigenvalue weighted by Gasteiger charge is -2.06. The van der Waals surface area contributed by atoms with Gasteiger partial charge < -0.3 is 5.73 Å². The van der Waals surface area contributed by atoms with Crippen LogP contribution in [0.4, 0.5) is 0 Å². The number of nitrogens with zero attached hydrogens (tertiary/aromatic N) is 3. The minimum absolute atomic E-state index is 0.397. The minimum atomic E-state index is 0.397. The molecular formula is C12H12N4. The molecule has 0 bridgehead atoms. The lowest BCUT2D eigenvalue weighted by molar-refractivity contribution is 0.894. The van der Waals surface area contributed by atoms with Crippen molar-refractivity contribution in [1.82, 2.24) is 14.6 Å². The molecule has 0 fully saturated rings. The third kappa shape index (κ3) is 1.13. The van der Waals surface area contributed by atoms with E-state index in [1.165, 1.54) is 10.9 Å². The van der Waals surface area contributed by atoms with Crippen LogP contribution in [-0.2, 0) is 6.54 Å². The van der Waals surface area contributed by atoms with Crippen LogP contribution in [0.1, 0.15) is 11.4 Å². The molecule has 0 saturated carbocycles. The molecule has 0 aliphatic heterocycles. The van der Waals surface area contributed by atoms with Crippen LogP contribution in [0.15, 0.2) is 30.3 Å². The van der Waals surface area contributed by atoms with Crippen molar-refractivity contribution in [2.75, 3.05) is 0 Å². The Labute approximate surface area is 92.7 Å². The van der Waals surface area contributed by atoms with Crippen molar-refractivity contribution in [3.63, 3.8) is 0 Å². The van der Waals surface area contributed by atoms with Crippen LogP contribution in [0.5, 0.6) is 0 Å². The molecule has 0 atom stereocenters. The molecule has 0 unspecified atom stereocenters. The van der Waals surface area contributed by atoms with E-state index in [4.69, 9.17) is 5.73 Å². The summed E-state index contributed by atoms with van der Waals surface area (Å²) in [6.45, 7) is 2.48. The van der Waals surface area contributed by atoms with Gasteiger partial charge in [0.25, 0.3) is 0 Å². The molecule has 2 N–H and O–H groups in total. The zero-order valence-electron chi connectivity index (χ0n) is 9.01. The number of rotatable bonds is 1. The number of nitrogens with two attached hydrogens (primary N) is 1. The lowest BCUT2D eigenvalue weighted by Crippen LogP contribution is -2.03. The second-order valence-electron chi connectivity index (χ2n) is 3.86. The Hall–Kier alpha value is -1.94. The highest BCUT2D eigenvalue weighted by Crippen LogP contribution is 2.21. The average Bonchev–Trinajstić information content (AvgIpc) is 2.72. The maximum Gasteiger partial charge on any atom is 0.161 e. The van der Waals surface area contributed by atoms with Crippen molar-refractivity contribution in [1.29, 1.82) is 0 Å². The lowest BCUT2D eigenvalue weighted by atomic mass is 10.1. The van der Waals surface area contributed by atoms with E-state index in [1.54, 1.807) is 0 Å². The number of fused-ring (bicyclic) bond motifs is 3. The number of aromatic nitrogens is 3. The summed E-state index contributed by atoms with van der Waals surface area (Å²) < 4.78 is 2.02. The summed E-state index contributed by atoms with van der Waals surface area (Å²) in [5.74, 6) is 0.797. The van der Waals surface area contributed by atoms with Gasteiger partial charge in [0.2, 0.25) is 0 Å². The third-order valence-corrected chi connectivity index (χ3v) is 2.85. The smallest absolute Gasteiger partial charge is 0.161 e. The van der Waals surface area contributed by atoms with Crippen molar-refractivity contribution in [3.8, 4) is 0 Å². The minimum Gasteiger partial charge on any atom is -0.324 e. The topological polar surface area (TPSA) is 56.2 Å². The maximum atomic E-state index is 5.67. The molecule has 2 heterocycles. The van der Waals surface area contributed by atoms with Gasteiger partial charge in [-0.25, -0.2) is 0 Å². The Morgan fingerprint density at radius 2 is 2.06 bits per heavy atom. The molecule has 0 aliphatic rings. The highest BCUT2D eigenvalue weighted by molar-refractivity contribution is 5.85. The van der Waals surface area contributed by atoms with E-state index in [-0.39, 0.29) is 0 Å². The van der Waals surface area contributed by atoms with Gasteiger partial charge in [-0.2, -0.15) is 0 Å². The summed E-state index contributed by atoms with van der Waals surface area (Å²) in [7, 11) is 0. The van der Waals surface area contributed by atoms with Gasteiger partial charge in [-0.3, -0.25) is 4.40 Å². The Bertz CT molecular complexity index is 669. The zero-order chi connectivity index (χ0) is 11.1. The summed E-state index contributed by atoms with van der Waals surface area (Å²) in [4.78, 5) is 0. The van der Waals surface area contributed by atoms with E-state index in [0.29, 0.717) is 6.54 Å². The van der Waals surface area contributed by atoms with Gasteiger partial charge >= 0.3 is 0 Å². The predicted molar refractivity (Wildman–Crippen MR) is 63.1 cm³/mol. The van der Waals surface area contributed by atoms with Crippen LogP contribution < -0.4 is 5.73 Å². The number of para-hydroxylation sites is 1. The Kier molecular flexibility index (Phi) is 1.91. The zero-order valence-corrected chi connectivity index (χ0v) is 9.01. The number of hydrogen-bond donors (Lipinski definition) is 1. The summed E-state index contributed by atoms with van der Waals surface area (Å²) in [5, 5.41) is 9.44. The summed E-state index contributed by atoms with van der Waals surface area (Å²) >= 11 is 0. The molecule has 16 heavy (non-hydrogen) atoms.